The van der Waals surface area contributed by atoms with E-state index in [-0.39, 0.29) is 17.8 Å². The highest BCUT2D eigenvalue weighted by Crippen LogP contribution is 2.32. The van der Waals surface area contributed by atoms with Gasteiger partial charge in [0.1, 0.15) is 0 Å². The van der Waals surface area contributed by atoms with Gasteiger partial charge in [0.2, 0.25) is 0 Å². The number of para-hydroxylation sites is 1. The molecule has 2 aromatic carbocycles. The summed E-state index contributed by atoms with van der Waals surface area (Å²) in [6.07, 6.45) is 1.86. The number of carbonyl (C=O) groups is 3. The van der Waals surface area contributed by atoms with Gasteiger partial charge in [0.15, 0.2) is 0 Å². The molecule has 0 bridgehead atoms. The summed E-state index contributed by atoms with van der Waals surface area (Å²) in [6, 6.07) is 12.5. The number of rotatable bonds is 1. The molecule has 2 aliphatic heterocycles. The van der Waals surface area contributed by atoms with Gasteiger partial charge < -0.3 is 5.32 Å². The molecule has 0 spiro atoms. The van der Waals surface area contributed by atoms with Crippen molar-refractivity contribution >= 4 is 29.2 Å². The minimum Gasteiger partial charge on any atom is -0.308 e. The van der Waals surface area contributed by atoms with Gasteiger partial charge in [0.05, 0.1) is 11.1 Å². The molecule has 0 radical (unpaired) electrons. The van der Waals surface area contributed by atoms with Crippen LogP contribution in [0.4, 0.5) is 16.2 Å². The van der Waals surface area contributed by atoms with Gasteiger partial charge in [0, 0.05) is 23.5 Å². The summed E-state index contributed by atoms with van der Waals surface area (Å²) in [5.41, 5.74) is 2.67. The van der Waals surface area contributed by atoms with Gasteiger partial charge in [-0.2, -0.15) is 0 Å². The van der Waals surface area contributed by atoms with Crippen LogP contribution in [0.15, 0.2) is 42.5 Å². The number of anilines is 2. The van der Waals surface area contributed by atoms with E-state index in [1.165, 1.54) is 4.90 Å². The van der Waals surface area contributed by atoms with Gasteiger partial charge in [-0.1, -0.05) is 18.2 Å². The fourth-order valence-corrected chi connectivity index (χ4v) is 3.86. The molecule has 6 nitrogen and oxygen atoms in total. The maximum Gasteiger partial charge on any atom is 0.326 e. The molecule has 144 valence electrons. The quantitative estimate of drug-likeness (QED) is 0.762. The van der Waals surface area contributed by atoms with Crippen LogP contribution in [0.25, 0.3) is 0 Å². The van der Waals surface area contributed by atoms with Crippen molar-refractivity contribution in [3.8, 4) is 0 Å². The SMILES string of the molecule is CC(C)(C)N1C(=O)c2ccc(NC(=O)N3CCCc4ccccc43)cc2C1=O. The smallest absolute Gasteiger partial charge is 0.308 e. The summed E-state index contributed by atoms with van der Waals surface area (Å²) >= 11 is 0. The van der Waals surface area contributed by atoms with Gasteiger partial charge in [-0.15, -0.1) is 0 Å². The van der Waals surface area contributed by atoms with Crippen LogP contribution in [0.5, 0.6) is 0 Å². The third kappa shape index (κ3) is 2.95. The highest BCUT2D eigenvalue weighted by atomic mass is 16.2. The first kappa shape index (κ1) is 18.2. The molecule has 28 heavy (non-hydrogen) atoms. The summed E-state index contributed by atoms with van der Waals surface area (Å²) in [6.45, 7) is 6.12. The lowest BCUT2D eigenvalue weighted by molar-refractivity contribution is 0.0507. The van der Waals surface area contributed by atoms with Crippen LogP contribution in [-0.4, -0.2) is 34.8 Å². The molecule has 1 N–H and O–H groups in total. The van der Waals surface area contributed by atoms with E-state index in [2.05, 4.69) is 5.32 Å². The van der Waals surface area contributed by atoms with Crippen molar-refractivity contribution in [1.82, 2.24) is 4.90 Å². The summed E-state index contributed by atoms with van der Waals surface area (Å²) in [5.74, 6) is -0.623. The monoisotopic (exact) mass is 377 g/mol. The van der Waals surface area contributed by atoms with E-state index in [0.29, 0.717) is 23.4 Å². The zero-order valence-corrected chi connectivity index (χ0v) is 16.3. The molecule has 0 atom stereocenters. The van der Waals surface area contributed by atoms with E-state index in [9.17, 15) is 14.4 Å². The van der Waals surface area contributed by atoms with Crippen molar-refractivity contribution in [3.63, 3.8) is 0 Å². The lowest BCUT2D eigenvalue weighted by atomic mass is 10.0. The molecular weight excluding hydrogens is 354 g/mol. The lowest BCUT2D eigenvalue weighted by Crippen LogP contribution is -2.45. The molecular formula is C22H23N3O3. The fourth-order valence-electron chi connectivity index (χ4n) is 3.86. The Morgan fingerprint density at radius 3 is 2.46 bits per heavy atom. The van der Waals surface area contributed by atoms with Crippen LogP contribution in [0.3, 0.4) is 0 Å². The Morgan fingerprint density at radius 1 is 1.00 bits per heavy atom. The maximum absolute atomic E-state index is 12.9. The summed E-state index contributed by atoms with van der Waals surface area (Å²) < 4.78 is 0. The Bertz CT molecular complexity index is 991. The van der Waals surface area contributed by atoms with Gasteiger partial charge >= 0.3 is 6.03 Å². The first-order chi connectivity index (χ1) is 13.3. The Morgan fingerprint density at radius 2 is 1.71 bits per heavy atom. The number of fused-ring (bicyclic) bond motifs is 2. The standard InChI is InChI=1S/C22H23N3O3/c1-22(2,3)25-19(26)16-11-10-15(13-17(16)20(25)27)23-21(28)24-12-6-8-14-7-4-5-9-18(14)24/h4-5,7,9-11,13H,6,8,12H2,1-3H3,(H,23,28). The molecule has 4 amide bonds. The normalized spacial score (nSPS) is 16.1. The highest BCUT2D eigenvalue weighted by Gasteiger charge is 2.42. The van der Waals surface area contributed by atoms with E-state index < -0.39 is 5.54 Å². The zero-order valence-electron chi connectivity index (χ0n) is 16.3. The molecule has 2 heterocycles. The van der Waals surface area contributed by atoms with Gasteiger partial charge in [0.25, 0.3) is 11.8 Å². The van der Waals surface area contributed by atoms with Crippen molar-refractivity contribution in [3.05, 3.63) is 59.2 Å². The lowest BCUT2D eigenvalue weighted by Gasteiger charge is -2.29. The average molecular weight is 377 g/mol. The molecule has 0 aromatic heterocycles. The molecule has 4 rings (SSSR count). The van der Waals surface area contributed by atoms with Crippen molar-refractivity contribution in [2.75, 3.05) is 16.8 Å². The van der Waals surface area contributed by atoms with Crippen molar-refractivity contribution < 1.29 is 14.4 Å². The number of nitrogens with zero attached hydrogens (tertiary/aromatic N) is 2. The second-order valence-electron chi connectivity index (χ2n) is 8.19. The first-order valence-corrected chi connectivity index (χ1v) is 9.47. The predicted octanol–water partition coefficient (Wildman–Crippen LogP) is 4.07. The Kier molecular flexibility index (Phi) is 4.22. The van der Waals surface area contributed by atoms with Gasteiger partial charge in [-0.25, -0.2) is 4.79 Å². The second kappa shape index (κ2) is 6.48. The van der Waals surface area contributed by atoms with Crippen LogP contribution in [0.1, 0.15) is 53.5 Å². The minimum absolute atomic E-state index is 0.239. The van der Waals surface area contributed by atoms with Crippen LogP contribution in [0, 0.1) is 0 Å². The van der Waals surface area contributed by atoms with Crippen molar-refractivity contribution in [1.29, 1.82) is 0 Å². The third-order valence-electron chi connectivity index (χ3n) is 5.16. The number of aryl methyl sites for hydroxylation is 1. The molecule has 0 saturated heterocycles. The number of benzene rings is 2. The molecule has 6 heteroatoms. The van der Waals surface area contributed by atoms with Crippen molar-refractivity contribution in [2.24, 2.45) is 0 Å². The number of hydrogen-bond acceptors (Lipinski definition) is 3. The summed E-state index contributed by atoms with van der Waals surface area (Å²) in [4.78, 5) is 41.2. The molecule has 0 aliphatic carbocycles. The Balaban J connectivity index is 1.59. The Hall–Kier alpha value is -3.15. The van der Waals surface area contributed by atoms with Crippen LogP contribution in [0.2, 0.25) is 0 Å². The van der Waals surface area contributed by atoms with Crippen LogP contribution < -0.4 is 10.2 Å². The first-order valence-electron chi connectivity index (χ1n) is 9.47. The Labute approximate surface area is 164 Å². The molecule has 0 saturated carbocycles. The molecule has 0 unspecified atom stereocenters. The van der Waals surface area contributed by atoms with E-state index in [4.69, 9.17) is 0 Å². The van der Waals surface area contributed by atoms with E-state index >= 15 is 0 Å². The van der Waals surface area contributed by atoms with Gasteiger partial charge in [-0.3, -0.25) is 19.4 Å². The number of imide groups is 1. The summed E-state index contributed by atoms with van der Waals surface area (Å²) in [7, 11) is 0. The van der Waals surface area contributed by atoms with Crippen LogP contribution >= 0.6 is 0 Å². The van der Waals surface area contributed by atoms with Crippen molar-refractivity contribution in [2.45, 2.75) is 39.2 Å². The predicted molar refractivity (Wildman–Crippen MR) is 108 cm³/mol. The second-order valence-corrected chi connectivity index (χ2v) is 8.19. The fraction of sp³-hybridized carbons (Fsp3) is 0.318. The van der Waals surface area contributed by atoms with Crippen LogP contribution in [-0.2, 0) is 6.42 Å². The number of carbonyl (C=O) groups excluding carboxylic acids is 3. The van der Waals surface area contributed by atoms with E-state index in [0.717, 1.165) is 24.1 Å². The third-order valence-corrected chi connectivity index (χ3v) is 5.16. The number of urea groups is 1. The zero-order chi connectivity index (χ0) is 20.1. The van der Waals surface area contributed by atoms with Gasteiger partial charge in [-0.05, 0) is 63.4 Å². The van der Waals surface area contributed by atoms with E-state index in [1.807, 2.05) is 45.0 Å². The molecule has 2 aromatic rings. The maximum atomic E-state index is 12.9. The topological polar surface area (TPSA) is 69.7 Å². The highest BCUT2D eigenvalue weighted by molar-refractivity contribution is 6.22. The average Bonchev–Trinajstić information content (AvgIpc) is 2.91. The number of nitrogens with one attached hydrogen (secondary N) is 1. The van der Waals surface area contributed by atoms with E-state index in [1.54, 1.807) is 23.1 Å². The number of hydrogen-bond donors (Lipinski definition) is 1. The minimum atomic E-state index is -0.603. The largest absolute Gasteiger partial charge is 0.326 e. The molecule has 0 fully saturated rings. The number of amides is 4. The summed E-state index contributed by atoms with van der Waals surface area (Å²) in [5, 5.41) is 2.88. The molecule has 2 aliphatic rings.